The summed E-state index contributed by atoms with van der Waals surface area (Å²) in [6.45, 7) is 1.31. The Labute approximate surface area is 109 Å². The van der Waals surface area contributed by atoms with E-state index in [0.29, 0.717) is 0 Å². The minimum absolute atomic E-state index is 0. The van der Waals surface area contributed by atoms with Crippen molar-refractivity contribution >= 4 is 22.4 Å². The molecule has 1 aromatic heterocycles. The predicted octanol–water partition coefficient (Wildman–Crippen LogP) is 1.08. The van der Waals surface area contributed by atoms with Crippen LogP contribution in [-0.4, -0.2) is 25.3 Å². The van der Waals surface area contributed by atoms with Crippen molar-refractivity contribution < 1.29 is 32.2 Å². The third-order valence-electron chi connectivity index (χ3n) is 2.19. The molecule has 0 aliphatic heterocycles. The van der Waals surface area contributed by atoms with Crippen molar-refractivity contribution in [3.8, 4) is 0 Å². The summed E-state index contributed by atoms with van der Waals surface area (Å²) in [4.78, 5) is 20.1. The molecule has 2 aromatic rings. The Morgan fingerprint density at radius 2 is 1.88 bits per heavy atom. The van der Waals surface area contributed by atoms with E-state index in [1.165, 1.54) is 6.92 Å². The molecule has 0 bridgehead atoms. The molecule has 0 saturated heterocycles. The predicted molar refractivity (Wildman–Crippen MR) is 51.9 cm³/mol. The van der Waals surface area contributed by atoms with E-state index in [0.717, 1.165) is 6.07 Å². The Bertz CT molecular complexity index is 610. The number of aromatic amines is 1. The van der Waals surface area contributed by atoms with Crippen LogP contribution in [0, 0.1) is 27.2 Å². The van der Waals surface area contributed by atoms with E-state index in [9.17, 15) is 20.2 Å². The average Bonchev–Trinajstić information content (AvgIpc) is 2.62. The maximum atomic E-state index is 10.8. The van der Waals surface area contributed by atoms with Gasteiger partial charge in [-0.3, -0.25) is 20.2 Å². The number of aromatic nitrogens is 3. The number of rotatable bonds is 2. The minimum Gasteiger partial charge on any atom is -0.258 e. The molecule has 1 aromatic carbocycles. The van der Waals surface area contributed by atoms with Crippen molar-refractivity contribution in [1.82, 2.24) is 15.4 Å². The van der Waals surface area contributed by atoms with Gasteiger partial charge in [-0.05, 0) is 6.92 Å². The monoisotopic (exact) mass is 330 g/mol. The number of nitro benzene ring substituents is 2. The van der Waals surface area contributed by atoms with Gasteiger partial charge in [-0.1, -0.05) is 0 Å². The molecule has 0 amide bonds. The molecule has 0 aliphatic carbocycles. The summed E-state index contributed by atoms with van der Waals surface area (Å²) in [5.74, 6) is 0. The molecule has 1 heterocycles. The summed E-state index contributed by atoms with van der Waals surface area (Å²) in [7, 11) is 0. The van der Waals surface area contributed by atoms with Gasteiger partial charge in [-0.15, -0.1) is 5.10 Å². The summed E-state index contributed by atoms with van der Waals surface area (Å²) in [6.07, 6.45) is 0. The van der Waals surface area contributed by atoms with Crippen molar-refractivity contribution in [2.45, 2.75) is 6.92 Å². The van der Waals surface area contributed by atoms with Gasteiger partial charge in [0, 0.05) is 28.4 Å². The number of nitrogens with zero attached hydrogens (tertiary/aromatic N) is 4. The van der Waals surface area contributed by atoms with Crippen LogP contribution in [0.5, 0.6) is 0 Å². The molecule has 0 atom stereocenters. The van der Waals surface area contributed by atoms with Crippen molar-refractivity contribution in [2.24, 2.45) is 0 Å². The standard InChI is InChI=1S/C7H5N5O4.Ag/c1-3-5(11(13)14)2-4-6(9-10-8-4)7(3)12(15)16;/h2H,1H3,(H,8,9,10);. The first-order valence-electron chi connectivity index (χ1n) is 4.15. The SMILES string of the molecule is Cc1c([N+](=O)[O-])cc2n[nH]nc2c1[N+](=O)[O-].[Ag]. The van der Waals surface area contributed by atoms with Gasteiger partial charge in [0.1, 0.15) is 11.1 Å². The summed E-state index contributed by atoms with van der Waals surface area (Å²) in [6, 6.07) is 1.15. The molecule has 17 heavy (non-hydrogen) atoms. The first-order chi connectivity index (χ1) is 7.52. The second kappa shape index (κ2) is 4.57. The summed E-state index contributed by atoms with van der Waals surface area (Å²) in [5.41, 5.74) is -0.639. The van der Waals surface area contributed by atoms with E-state index < -0.39 is 15.5 Å². The molecule has 9 nitrogen and oxygen atoms in total. The van der Waals surface area contributed by atoms with Gasteiger partial charge in [0.05, 0.1) is 9.85 Å². The topological polar surface area (TPSA) is 128 Å². The smallest absolute Gasteiger partial charge is 0.258 e. The first kappa shape index (κ1) is 13.2. The zero-order valence-corrected chi connectivity index (χ0v) is 9.78. The Hall–Kier alpha value is -1.84. The fourth-order valence-electron chi connectivity index (χ4n) is 1.46. The van der Waals surface area contributed by atoms with Gasteiger partial charge in [-0.25, -0.2) is 0 Å². The fraction of sp³-hybridized carbons (Fsp3) is 0.143. The van der Waals surface area contributed by atoms with Crippen LogP contribution >= 0.6 is 0 Å². The second-order valence-electron chi connectivity index (χ2n) is 3.07. The second-order valence-corrected chi connectivity index (χ2v) is 3.07. The number of hydrogen-bond acceptors (Lipinski definition) is 6. The molecule has 0 unspecified atom stereocenters. The summed E-state index contributed by atoms with van der Waals surface area (Å²) in [5, 5.41) is 30.9. The molecule has 0 saturated carbocycles. The van der Waals surface area contributed by atoms with Gasteiger partial charge in [-0.2, -0.15) is 10.3 Å². The maximum absolute atomic E-state index is 10.8. The maximum Gasteiger partial charge on any atom is 0.308 e. The van der Waals surface area contributed by atoms with Gasteiger partial charge in [0.25, 0.3) is 5.69 Å². The Kier molecular flexibility index (Phi) is 3.56. The number of hydrogen-bond donors (Lipinski definition) is 1. The van der Waals surface area contributed by atoms with Crippen LogP contribution in [0.3, 0.4) is 0 Å². The van der Waals surface area contributed by atoms with Crippen LogP contribution in [0.4, 0.5) is 11.4 Å². The van der Waals surface area contributed by atoms with Gasteiger partial charge >= 0.3 is 5.69 Å². The van der Waals surface area contributed by atoms with Crippen molar-refractivity contribution in [2.75, 3.05) is 0 Å². The van der Waals surface area contributed by atoms with E-state index in [1.54, 1.807) is 0 Å². The van der Waals surface area contributed by atoms with E-state index in [4.69, 9.17) is 0 Å². The zero-order valence-electron chi connectivity index (χ0n) is 8.30. The normalized spacial score (nSPS) is 9.94. The Morgan fingerprint density at radius 1 is 1.24 bits per heavy atom. The average molecular weight is 331 g/mol. The van der Waals surface area contributed by atoms with E-state index >= 15 is 0 Å². The van der Waals surface area contributed by atoms with E-state index in [1.807, 2.05) is 0 Å². The Morgan fingerprint density at radius 3 is 2.41 bits per heavy atom. The molecule has 0 fully saturated rings. The van der Waals surface area contributed by atoms with Crippen LogP contribution in [-0.2, 0) is 22.4 Å². The Balaban J connectivity index is 0.00000144. The van der Waals surface area contributed by atoms with E-state index in [2.05, 4.69) is 15.4 Å². The third kappa shape index (κ3) is 2.02. The molecule has 1 radical (unpaired) electrons. The summed E-state index contributed by atoms with van der Waals surface area (Å²) >= 11 is 0. The van der Waals surface area contributed by atoms with Crippen molar-refractivity contribution in [3.05, 3.63) is 31.9 Å². The zero-order chi connectivity index (χ0) is 11.9. The molecule has 10 heteroatoms. The summed E-state index contributed by atoms with van der Waals surface area (Å²) < 4.78 is 0. The van der Waals surface area contributed by atoms with Crippen LogP contribution in [0.25, 0.3) is 11.0 Å². The number of nitrogens with one attached hydrogen (secondary N) is 1. The number of H-pyrrole nitrogens is 1. The van der Waals surface area contributed by atoms with Gasteiger partial charge in [0.15, 0.2) is 5.52 Å². The van der Waals surface area contributed by atoms with Crippen LogP contribution < -0.4 is 0 Å². The number of nitro groups is 2. The van der Waals surface area contributed by atoms with Crippen molar-refractivity contribution in [3.63, 3.8) is 0 Å². The largest absolute Gasteiger partial charge is 0.308 e. The van der Waals surface area contributed by atoms with Crippen LogP contribution in [0.15, 0.2) is 6.07 Å². The van der Waals surface area contributed by atoms with E-state index in [-0.39, 0.29) is 44.7 Å². The number of benzene rings is 1. The third-order valence-corrected chi connectivity index (χ3v) is 2.19. The first-order valence-corrected chi connectivity index (χ1v) is 4.15. The van der Waals surface area contributed by atoms with Crippen LogP contribution in [0.2, 0.25) is 0 Å². The minimum atomic E-state index is -0.701. The molecule has 1 N–H and O–H groups in total. The fourth-order valence-corrected chi connectivity index (χ4v) is 1.46. The molecule has 0 spiro atoms. The van der Waals surface area contributed by atoms with Gasteiger partial charge < -0.3 is 0 Å². The molecular formula is C7H5AgN5O4. The van der Waals surface area contributed by atoms with Crippen LogP contribution in [0.1, 0.15) is 5.56 Å². The van der Waals surface area contributed by atoms with Crippen molar-refractivity contribution in [1.29, 1.82) is 0 Å². The molecule has 0 aliphatic rings. The molecule has 2 rings (SSSR count). The number of fused-ring (bicyclic) bond motifs is 1. The quantitative estimate of drug-likeness (QED) is 0.498. The molecular weight excluding hydrogens is 326 g/mol. The van der Waals surface area contributed by atoms with Gasteiger partial charge in [0.2, 0.25) is 0 Å². The molecule has 93 valence electrons.